The van der Waals surface area contributed by atoms with E-state index in [0.29, 0.717) is 0 Å². The van der Waals surface area contributed by atoms with Crippen LogP contribution in [0.3, 0.4) is 0 Å². The van der Waals surface area contributed by atoms with Crippen molar-refractivity contribution in [1.82, 2.24) is 4.98 Å². The van der Waals surface area contributed by atoms with Gasteiger partial charge in [0.15, 0.2) is 0 Å². The molecule has 0 saturated heterocycles. The molecule has 4 rings (SSSR count). The second kappa shape index (κ2) is 6.36. The fraction of sp³-hybridized carbons (Fsp3) is 0.190. The Morgan fingerprint density at radius 1 is 1.00 bits per heavy atom. The fourth-order valence-electron chi connectivity index (χ4n) is 3.37. The Morgan fingerprint density at radius 3 is 2.62 bits per heavy atom. The van der Waals surface area contributed by atoms with E-state index < -0.39 is 0 Å². The van der Waals surface area contributed by atoms with Gasteiger partial charge < -0.3 is 9.64 Å². The molecule has 24 heavy (non-hydrogen) atoms. The maximum Gasteiger partial charge on any atom is 0.118 e. The molecule has 0 atom stereocenters. The third-order valence-electron chi connectivity index (χ3n) is 4.56. The summed E-state index contributed by atoms with van der Waals surface area (Å²) < 4.78 is 5.25. The first kappa shape index (κ1) is 14.8. The third-order valence-corrected chi connectivity index (χ3v) is 4.56. The first-order chi connectivity index (χ1) is 11.8. The molecule has 2 aromatic carbocycles. The van der Waals surface area contributed by atoms with Gasteiger partial charge in [-0.2, -0.15) is 0 Å². The van der Waals surface area contributed by atoms with E-state index in [4.69, 9.17) is 4.74 Å². The minimum atomic E-state index is 0.898. The van der Waals surface area contributed by atoms with Gasteiger partial charge in [0, 0.05) is 30.5 Å². The van der Waals surface area contributed by atoms with Gasteiger partial charge in [-0.1, -0.05) is 36.4 Å². The number of hydrogen-bond acceptors (Lipinski definition) is 3. The Kier molecular flexibility index (Phi) is 3.91. The summed E-state index contributed by atoms with van der Waals surface area (Å²) >= 11 is 0. The number of fused-ring (bicyclic) bond motifs is 1. The predicted molar refractivity (Wildman–Crippen MR) is 97.4 cm³/mol. The molecule has 0 radical (unpaired) electrons. The molecule has 0 unspecified atom stereocenters. The van der Waals surface area contributed by atoms with Gasteiger partial charge in [-0.05, 0) is 41.8 Å². The second-order valence-electron chi connectivity index (χ2n) is 6.05. The van der Waals surface area contributed by atoms with Crippen LogP contribution in [0.4, 0.5) is 5.69 Å². The molecule has 3 heteroatoms. The molecule has 0 aliphatic carbocycles. The monoisotopic (exact) mass is 316 g/mol. The highest BCUT2D eigenvalue weighted by Gasteiger charge is 2.23. The Hall–Kier alpha value is -2.81. The summed E-state index contributed by atoms with van der Waals surface area (Å²) in [7, 11) is 1.70. The number of pyridine rings is 1. The maximum atomic E-state index is 5.25. The topological polar surface area (TPSA) is 25.4 Å². The van der Waals surface area contributed by atoms with Crippen molar-refractivity contribution < 1.29 is 4.74 Å². The summed E-state index contributed by atoms with van der Waals surface area (Å²) in [5, 5.41) is 0. The maximum absolute atomic E-state index is 5.25. The average Bonchev–Trinajstić information content (AvgIpc) is 3.06. The van der Waals surface area contributed by atoms with Gasteiger partial charge in [0.05, 0.1) is 12.8 Å². The van der Waals surface area contributed by atoms with Crippen LogP contribution in [0.1, 0.15) is 11.1 Å². The summed E-state index contributed by atoms with van der Waals surface area (Å²) in [4.78, 5) is 7.01. The summed E-state index contributed by atoms with van der Waals surface area (Å²) in [5.41, 5.74) is 6.29. The van der Waals surface area contributed by atoms with Gasteiger partial charge in [0.1, 0.15) is 5.75 Å². The highest BCUT2D eigenvalue weighted by molar-refractivity contribution is 5.80. The number of rotatable bonds is 4. The molecule has 0 spiro atoms. The summed E-state index contributed by atoms with van der Waals surface area (Å²) in [6.45, 7) is 1.95. The lowest BCUT2D eigenvalue weighted by molar-refractivity contribution is 0.414. The SMILES string of the molecule is COc1ccc(CN2CCc3cccc(-c4ccccn4)c32)cc1. The van der Waals surface area contributed by atoms with E-state index in [1.54, 1.807) is 7.11 Å². The molecular formula is C21H20N2O. The molecule has 2 heterocycles. The first-order valence-electron chi connectivity index (χ1n) is 8.26. The van der Waals surface area contributed by atoms with Crippen molar-refractivity contribution in [2.45, 2.75) is 13.0 Å². The van der Waals surface area contributed by atoms with Gasteiger partial charge in [0.2, 0.25) is 0 Å². The third kappa shape index (κ3) is 2.73. The van der Waals surface area contributed by atoms with Gasteiger partial charge >= 0.3 is 0 Å². The summed E-state index contributed by atoms with van der Waals surface area (Å²) in [6.07, 6.45) is 2.95. The smallest absolute Gasteiger partial charge is 0.118 e. The molecule has 0 N–H and O–H groups in total. The van der Waals surface area contributed by atoms with Gasteiger partial charge in [-0.25, -0.2) is 0 Å². The molecule has 1 aromatic heterocycles. The molecule has 0 bridgehead atoms. The number of para-hydroxylation sites is 1. The van der Waals surface area contributed by atoms with Crippen molar-refractivity contribution in [2.24, 2.45) is 0 Å². The van der Waals surface area contributed by atoms with Crippen molar-refractivity contribution in [2.75, 3.05) is 18.6 Å². The molecule has 3 nitrogen and oxygen atoms in total. The Labute approximate surface area is 142 Å². The normalized spacial score (nSPS) is 13.0. The molecule has 1 aliphatic heterocycles. The Morgan fingerprint density at radius 2 is 1.88 bits per heavy atom. The zero-order valence-electron chi connectivity index (χ0n) is 13.8. The number of ether oxygens (including phenoxy) is 1. The average molecular weight is 316 g/mol. The van der Waals surface area contributed by atoms with Crippen LogP contribution in [0.25, 0.3) is 11.3 Å². The van der Waals surface area contributed by atoms with Crippen LogP contribution in [0, 0.1) is 0 Å². The van der Waals surface area contributed by atoms with E-state index in [2.05, 4.69) is 46.3 Å². The zero-order chi connectivity index (χ0) is 16.4. The summed E-state index contributed by atoms with van der Waals surface area (Å²) in [5.74, 6) is 0.898. The van der Waals surface area contributed by atoms with Crippen LogP contribution in [0.15, 0.2) is 66.9 Å². The first-order valence-corrected chi connectivity index (χ1v) is 8.26. The second-order valence-corrected chi connectivity index (χ2v) is 6.05. The quantitative estimate of drug-likeness (QED) is 0.717. The van der Waals surface area contributed by atoms with Crippen LogP contribution < -0.4 is 9.64 Å². The van der Waals surface area contributed by atoms with Gasteiger partial charge in [-0.15, -0.1) is 0 Å². The summed E-state index contributed by atoms with van der Waals surface area (Å²) in [6, 6.07) is 21.0. The predicted octanol–water partition coefficient (Wildman–Crippen LogP) is 4.32. The highest BCUT2D eigenvalue weighted by Crippen LogP contribution is 2.38. The van der Waals surface area contributed by atoms with Crippen molar-refractivity contribution in [3.63, 3.8) is 0 Å². The molecule has 0 saturated carbocycles. The number of nitrogens with zero attached hydrogens (tertiary/aromatic N) is 2. The van der Waals surface area contributed by atoms with E-state index >= 15 is 0 Å². The number of benzene rings is 2. The van der Waals surface area contributed by atoms with Crippen LogP contribution in [-0.4, -0.2) is 18.6 Å². The van der Waals surface area contributed by atoms with Crippen LogP contribution in [0.2, 0.25) is 0 Å². The van der Waals surface area contributed by atoms with Crippen molar-refractivity contribution in [3.8, 4) is 17.0 Å². The minimum absolute atomic E-state index is 0.898. The number of hydrogen-bond donors (Lipinski definition) is 0. The molecular weight excluding hydrogens is 296 g/mol. The van der Waals surface area contributed by atoms with Crippen LogP contribution >= 0.6 is 0 Å². The van der Waals surface area contributed by atoms with E-state index in [9.17, 15) is 0 Å². The standard InChI is InChI=1S/C21H20N2O/c1-24-18-10-8-16(9-11-18)15-23-14-12-17-5-4-6-19(21(17)23)20-7-2-3-13-22-20/h2-11,13H,12,14-15H2,1H3. The zero-order valence-corrected chi connectivity index (χ0v) is 13.8. The Bertz CT molecular complexity index is 828. The molecule has 0 amide bonds. The van der Waals surface area contributed by atoms with Gasteiger partial charge in [0.25, 0.3) is 0 Å². The van der Waals surface area contributed by atoms with E-state index in [0.717, 1.165) is 31.0 Å². The van der Waals surface area contributed by atoms with E-state index in [-0.39, 0.29) is 0 Å². The lowest BCUT2D eigenvalue weighted by Gasteiger charge is -2.22. The number of aromatic nitrogens is 1. The highest BCUT2D eigenvalue weighted by atomic mass is 16.5. The van der Waals surface area contributed by atoms with Crippen molar-refractivity contribution in [1.29, 1.82) is 0 Å². The number of anilines is 1. The lowest BCUT2D eigenvalue weighted by Crippen LogP contribution is -2.20. The largest absolute Gasteiger partial charge is 0.497 e. The van der Waals surface area contributed by atoms with E-state index in [1.807, 2.05) is 30.5 Å². The lowest BCUT2D eigenvalue weighted by atomic mass is 10.0. The molecule has 0 fully saturated rings. The fourth-order valence-corrected chi connectivity index (χ4v) is 3.37. The van der Waals surface area contributed by atoms with Gasteiger partial charge in [-0.3, -0.25) is 4.98 Å². The minimum Gasteiger partial charge on any atom is -0.497 e. The van der Waals surface area contributed by atoms with Crippen LogP contribution in [-0.2, 0) is 13.0 Å². The number of methoxy groups -OCH3 is 1. The Balaban J connectivity index is 1.67. The molecule has 3 aromatic rings. The molecule has 1 aliphatic rings. The van der Waals surface area contributed by atoms with Crippen molar-refractivity contribution >= 4 is 5.69 Å². The van der Waals surface area contributed by atoms with Crippen molar-refractivity contribution in [3.05, 3.63) is 78.0 Å². The van der Waals surface area contributed by atoms with E-state index in [1.165, 1.54) is 22.4 Å². The molecule has 120 valence electrons. The van der Waals surface area contributed by atoms with Crippen LogP contribution in [0.5, 0.6) is 5.75 Å².